The molecular weight excluding hydrogens is 553 g/mol. The molecule has 7 nitrogen and oxygen atoms in total. The first kappa shape index (κ1) is 28.6. The summed E-state index contributed by atoms with van der Waals surface area (Å²) in [6.45, 7) is 0.978. The number of hydrogen-bond donors (Lipinski definition) is 2. The fourth-order valence-electron chi connectivity index (χ4n) is 3.92. The lowest BCUT2D eigenvalue weighted by molar-refractivity contribution is -0.138. The Morgan fingerprint density at radius 2 is 1.77 bits per heavy atom. The van der Waals surface area contributed by atoms with Crippen LogP contribution in [0.3, 0.4) is 0 Å². The molecule has 0 aliphatic rings. The molecule has 2 aromatic carbocycles. The maximum absolute atomic E-state index is 13.8. The van der Waals surface area contributed by atoms with Crippen molar-refractivity contribution in [1.82, 2.24) is 14.5 Å². The monoisotopic (exact) mass is 566 g/mol. The lowest BCUT2D eigenvalue weighted by atomic mass is 9.42. The summed E-state index contributed by atoms with van der Waals surface area (Å²) >= 11 is 11.7. The van der Waals surface area contributed by atoms with E-state index in [1.54, 1.807) is 6.92 Å². The van der Waals surface area contributed by atoms with Crippen molar-refractivity contribution in [3.8, 4) is 5.75 Å². The van der Waals surface area contributed by atoms with Crippen LogP contribution in [0.25, 0.3) is 10.9 Å². The summed E-state index contributed by atoms with van der Waals surface area (Å²) < 4.78 is 41.9. The van der Waals surface area contributed by atoms with Gasteiger partial charge in [0, 0.05) is 0 Å². The van der Waals surface area contributed by atoms with Crippen molar-refractivity contribution < 1.29 is 23.1 Å². The normalized spacial score (nSPS) is 12.1. The number of aromatic hydroxyl groups is 1. The molecule has 0 aliphatic carbocycles. The number of aryl methyl sites for hydroxylation is 1. The Morgan fingerprint density at radius 3 is 2.38 bits per heavy atom. The molecule has 0 saturated carbocycles. The zero-order chi connectivity index (χ0) is 28.9. The van der Waals surface area contributed by atoms with Crippen molar-refractivity contribution in [2.24, 2.45) is 0 Å². The van der Waals surface area contributed by atoms with Crippen LogP contribution in [0.1, 0.15) is 33.0 Å². The summed E-state index contributed by atoms with van der Waals surface area (Å²) in [5.74, 6) is -1.77. The smallest absolute Gasteiger partial charge is 0.416 e. The molecule has 0 bridgehead atoms. The van der Waals surface area contributed by atoms with Gasteiger partial charge in [0.15, 0.2) is 10.9 Å². The van der Waals surface area contributed by atoms with Gasteiger partial charge in [0.05, 0.1) is 63.1 Å². The van der Waals surface area contributed by atoms with E-state index < -0.39 is 45.8 Å². The third-order valence-corrected chi connectivity index (χ3v) is 6.29. The SMILES string of the molecule is [B]C([B])([B])c1nc2c(C)ccc(NC(=O)c3cc(Cl)c(O)c(Cl)n3)c2c(=O)n1Cc1ccccc1C(F)(F)F. The average Bonchev–Trinajstić information content (AvgIpc) is 2.84. The molecule has 1 amide bonds. The molecule has 2 aromatic heterocycles. The van der Waals surface area contributed by atoms with E-state index in [1.165, 1.54) is 30.3 Å². The minimum atomic E-state index is -4.72. The Balaban J connectivity index is 1.93. The van der Waals surface area contributed by atoms with Crippen LogP contribution in [-0.2, 0) is 17.8 Å². The van der Waals surface area contributed by atoms with Gasteiger partial charge >= 0.3 is 6.18 Å². The molecule has 0 fully saturated rings. The fraction of sp³-hybridized carbons (Fsp3) is 0.167. The van der Waals surface area contributed by atoms with Crippen molar-refractivity contribution in [3.63, 3.8) is 0 Å². The number of carbonyl (C=O) groups excluding carboxylic acids is 1. The molecule has 4 aromatic rings. The molecule has 0 unspecified atom stereocenters. The topological polar surface area (TPSA) is 97.1 Å². The highest BCUT2D eigenvalue weighted by molar-refractivity contribution is 6.58. The quantitative estimate of drug-likeness (QED) is 0.281. The maximum atomic E-state index is 13.8. The van der Waals surface area contributed by atoms with Gasteiger partial charge in [-0.3, -0.25) is 14.2 Å². The van der Waals surface area contributed by atoms with E-state index in [0.29, 0.717) is 5.56 Å². The van der Waals surface area contributed by atoms with Crippen molar-refractivity contribution in [1.29, 1.82) is 0 Å². The Morgan fingerprint density at radius 1 is 1.10 bits per heavy atom. The first-order chi connectivity index (χ1) is 18.1. The summed E-state index contributed by atoms with van der Waals surface area (Å²) in [7, 11) is 17.6. The van der Waals surface area contributed by atoms with Gasteiger partial charge in [-0.05, 0) is 36.2 Å². The first-order valence-electron chi connectivity index (χ1n) is 11.0. The zero-order valence-corrected chi connectivity index (χ0v) is 21.5. The van der Waals surface area contributed by atoms with Crippen molar-refractivity contribution in [3.05, 3.63) is 91.2 Å². The number of halogens is 5. The molecule has 2 heterocycles. The van der Waals surface area contributed by atoms with E-state index in [2.05, 4.69) is 15.3 Å². The molecule has 192 valence electrons. The highest BCUT2D eigenvalue weighted by Crippen LogP contribution is 2.33. The highest BCUT2D eigenvalue weighted by Gasteiger charge is 2.34. The molecule has 0 spiro atoms. The maximum Gasteiger partial charge on any atom is 0.416 e. The van der Waals surface area contributed by atoms with Gasteiger partial charge in [-0.15, -0.1) is 0 Å². The number of amides is 1. The summed E-state index contributed by atoms with van der Waals surface area (Å²) in [5.41, 5.74) is -1.95. The van der Waals surface area contributed by atoms with Crippen LogP contribution in [0.4, 0.5) is 18.9 Å². The minimum Gasteiger partial charge on any atom is -0.504 e. The number of fused-ring (bicyclic) bond motifs is 1. The van der Waals surface area contributed by atoms with E-state index in [4.69, 9.17) is 46.7 Å². The number of alkyl halides is 3. The van der Waals surface area contributed by atoms with Crippen molar-refractivity contribution in [2.75, 3.05) is 5.32 Å². The number of rotatable bonds is 5. The van der Waals surface area contributed by atoms with Crippen LogP contribution in [0, 0.1) is 6.92 Å². The van der Waals surface area contributed by atoms with Crippen LogP contribution in [0.15, 0.2) is 47.3 Å². The number of benzene rings is 2. The summed E-state index contributed by atoms with van der Waals surface area (Å²) in [4.78, 5) is 34.9. The Labute approximate surface area is 233 Å². The second-order valence-electron chi connectivity index (χ2n) is 8.65. The van der Waals surface area contributed by atoms with Crippen LogP contribution in [-0.4, -0.2) is 49.1 Å². The second kappa shape index (κ2) is 10.3. The lowest BCUT2D eigenvalue weighted by Crippen LogP contribution is -2.39. The molecule has 15 heteroatoms. The largest absolute Gasteiger partial charge is 0.504 e. The van der Waals surface area contributed by atoms with Gasteiger partial charge < -0.3 is 10.4 Å². The lowest BCUT2D eigenvalue weighted by Gasteiger charge is -2.26. The minimum absolute atomic E-state index is 0.0496. The molecule has 4 rings (SSSR count). The molecular formula is C24H14B3Cl2F3N4O3. The van der Waals surface area contributed by atoms with Gasteiger partial charge in [0.25, 0.3) is 11.5 Å². The number of pyridine rings is 1. The third kappa shape index (κ3) is 5.65. The Kier molecular flexibility index (Phi) is 7.53. The predicted octanol–water partition coefficient (Wildman–Crippen LogP) is 4.05. The van der Waals surface area contributed by atoms with Gasteiger partial charge in [0.1, 0.15) is 5.69 Å². The van der Waals surface area contributed by atoms with Crippen molar-refractivity contribution >= 4 is 69.2 Å². The zero-order valence-electron chi connectivity index (χ0n) is 20.0. The van der Waals surface area contributed by atoms with Crippen LogP contribution < -0.4 is 10.9 Å². The number of aromatic nitrogens is 3. The number of hydrogen-bond acceptors (Lipinski definition) is 5. The molecule has 39 heavy (non-hydrogen) atoms. The number of nitrogens with one attached hydrogen (secondary N) is 1. The average molecular weight is 567 g/mol. The van der Waals surface area contributed by atoms with Crippen LogP contribution >= 0.6 is 23.2 Å². The summed E-state index contributed by atoms with van der Waals surface area (Å²) in [6.07, 6.45) is -4.72. The molecule has 0 aliphatic heterocycles. The molecule has 0 saturated heterocycles. The Bertz CT molecular complexity index is 1670. The van der Waals surface area contributed by atoms with Crippen LogP contribution in [0.5, 0.6) is 5.75 Å². The Hall–Kier alpha value is -3.44. The van der Waals surface area contributed by atoms with Crippen LogP contribution in [0.2, 0.25) is 10.2 Å². The molecule has 2 N–H and O–H groups in total. The standard InChI is InChI=1S/C24H14B3Cl2F3N4O3/c1-10-6-7-14(34-20(38)15-8-13(28)18(37)19(29)33-15)16-17(10)35-22(23(25,26)27)36(21(16)39)9-11-4-2-3-5-12(11)24(30,31)32/h2-8,37H,9H2,1H3,(H,34,38). The van der Waals surface area contributed by atoms with E-state index in [0.717, 1.165) is 16.7 Å². The number of nitrogens with zero attached hydrogens (tertiary/aromatic N) is 3. The van der Waals surface area contributed by atoms with Gasteiger partial charge in [0.2, 0.25) is 0 Å². The third-order valence-electron chi connectivity index (χ3n) is 5.74. The highest BCUT2D eigenvalue weighted by atomic mass is 35.5. The number of carbonyl (C=O) groups is 1. The predicted molar refractivity (Wildman–Crippen MR) is 144 cm³/mol. The second-order valence-corrected chi connectivity index (χ2v) is 9.42. The fourth-order valence-corrected chi connectivity index (χ4v) is 4.35. The number of anilines is 1. The first-order valence-corrected chi connectivity index (χ1v) is 11.8. The molecule has 6 radical (unpaired) electrons. The van der Waals surface area contributed by atoms with Crippen molar-refractivity contribution in [2.45, 2.75) is 24.8 Å². The summed E-state index contributed by atoms with van der Waals surface area (Å²) in [5, 5.41) is 9.18. The van der Waals surface area contributed by atoms with Gasteiger partial charge in [-0.25, -0.2) is 9.97 Å². The van der Waals surface area contributed by atoms with E-state index in [1.807, 2.05) is 0 Å². The van der Waals surface area contributed by atoms with E-state index >= 15 is 0 Å². The van der Waals surface area contributed by atoms with E-state index in [9.17, 15) is 27.9 Å². The summed E-state index contributed by atoms with van der Waals surface area (Å²) in [6, 6.07) is 8.64. The van der Waals surface area contributed by atoms with E-state index in [-0.39, 0.29) is 38.7 Å². The molecule has 0 atom stereocenters. The van der Waals surface area contributed by atoms with Gasteiger partial charge in [-0.1, -0.05) is 52.6 Å². The van der Waals surface area contributed by atoms with Gasteiger partial charge in [-0.2, -0.15) is 13.2 Å².